The molecule has 1 heterocycles. The molecule has 0 aliphatic heterocycles. The van der Waals surface area contributed by atoms with Gasteiger partial charge in [0.2, 0.25) is 0 Å². The smallest absolute Gasteiger partial charge is 0.337 e. The number of carbonyl (C=O) groups is 2. The summed E-state index contributed by atoms with van der Waals surface area (Å²) in [6.45, 7) is 0. The number of hydrogen-bond donors (Lipinski definition) is 4. The number of anilines is 1. The zero-order chi connectivity index (χ0) is 15.6. The van der Waals surface area contributed by atoms with Crippen LogP contribution in [0, 0.1) is 0 Å². The molecule has 8 heteroatoms. The summed E-state index contributed by atoms with van der Waals surface area (Å²) in [4.78, 5) is 36.3. The number of aromatic hydroxyl groups is 1. The number of halogens is 1. The molecule has 0 aliphatic rings. The number of carboxylic acid groups (broad SMARTS) is 1. The third kappa shape index (κ3) is 3.40. The van der Waals surface area contributed by atoms with Crippen molar-refractivity contribution in [2.45, 2.75) is 0 Å². The Kier molecular flexibility index (Phi) is 3.95. The lowest BCUT2D eigenvalue weighted by Crippen LogP contribution is -2.17. The van der Waals surface area contributed by atoms with Gasteiger partial charge in [0.1, 0.15) is 0 Å². The van der Waals surface area contributed by atoms with Crippen molar-refractivity contribution >= 4 is 29.2 Å². The van der Waals surface area contributed by atoms with Gasteiger partial charge >= 0.3 is 5.97 Å². The first-order valence-electron chi connectivity index (χ1n) is 5.64. The minimum Gasteiger partial charge on any atom is -0.494 e. The fourth-order valence-electron chi connectivity index (χ4n) is 1.66. The van der Waals surface area contributed by atoms with Crippen LogP contribution in [0.5, 0.6) is 5.88 Å². The molecule has 4 N–H and O–H groups in total. The summed E-state index contributed by atoms with van der Waals surface area (Å²) in [5.74, 6) is -2.47. The first-order valence-corrected chi connectivity index (χ1v) is 6.02. The van der Waals surface area contributed by atoms with Gasteiger partial charge < -0.3 is 15.5 Å². The van der Waals surface area contributed by atoms with Crippen LogP contribution >= 0.6 is 11.6 Å². The maximum atomic E-state index is 12.0. The topological polar surface area (TPSA) is 119 Å². The van der Waals surface area contributed by atoms with E-state index in [0.717, 1.165) is 12.1 Å². The van der Waals surface area contributed by atoms with Gasteiger partial charge in [0.05, 0.1) is 16.8 Å². The lowest BCUT2D eigenvalue weighted by atomic mass is 10.1. The minimum atomic E-state index is -1.26. The van der Waals surface area contributed by atoms with Crippen LogP contribution in [-0.4, -0.2) is 27.1 Å². The Labute approximate surface area is 122 Å². The molecular formula is C13H9ClN2O5. The number of amides is 1. The van der Waals surface area contributed by atoms with Crippen molar-refractivity contribution in [1.82, 2.24) is 4.98 Å². The van der Waals surface area contributed by atoms with Crippen molar-refractivity contribution in [3.05, 3.63) is 56.8 Å². The molecule has 0 bridgehead atoms. The quantitative estimate of drug-likeness (QED) is 0.687. The van der Waals surface area contributed by atoms with Crippen molar-refractivity contribution in [1.29, 1.82) is 0 Å². The van der Waals surface area contributed by atoms with Crippen molar-refractivity contribution in [3.63, 3.8) is 0 Å². The molecule has 108 valence electrons. The fraction of sp³-hybridized carbons (Fsp3) is 0. The van der Waals surface area contributed by atoms with Gasteiger partial charge in [-0.2, -0.15) is 0 Å². The van der Waals surface area contributed by atoms with Gasteiger partial charge in [0.25, 0.3) is 11.5 Å². The number of nitrogens with one attached hydrogen (secondary N) is 2. The van der Waals surface area contributed by atoms with Crippen LogP contribution in [0.3, 0.4) is 0 Å². The molecule has 2 rings (SSSR count). The third-order valence-corrected chi connectivity index (χ3v) is 2.79. The third-order valence-electron chi connectivity index (χ3n) is 2.55. The Morgan fingerprint density at radius 3 is 2.52 bits per heavy atom. The zero-order valence-electron chi connectivity index (χ0n) is 10.4. The number of carboxylic acids is 1. The summed E-state index contributed by atoms with van der Waals surface area (Å²) in [5.41, 5.74) is -0.932. The maximum absolute atomic E-state index is 12.0. The van der Waals surface area contributed by atoms with Crippen molar-refractivity contribution in [3.8, 4) is 5.88 Å². The molecule has 0 saturated carbocycles. The maximum Gasteiger partial charge on any atom is 0.337 e. The first kappa shape index (κ1) is 14.6. The van der Waals surface area contributed by atoms with Gasteiger partial charge in [-0.05, 0) is 18.2 Å². The number of aromatic amines is 1. The van der Waals surface area contributed by atoms with E-state index in [2.05, 4.69) is 10.3 Å². The number of rotatable bonds is 3. The summed E-state index contributed by atoms with van der Waals surface area (Å²) < 4.78 is 0. The summed E-state index contributed by atoms with van der Waals surface area (Å²) in [6.07, 6.45) is 0. The van der Waals surface area contributed by atoms with E-state index in [1.807, 2.05) is 0 Å². The van der Waals surface area contributed by atoms with Crippen LogP contribution in [-0.2, 0) is 0 Å². The molecule has 0 atom stereocenters. The second-order valence-electron chi connectivity index (χ2n) is 4.07. The number of aromatic nitrogens is 1. The minimum absolute atomic E-state index is 0.0247. The lowest BCUT2D eigenvalue weighted by Gasteiger charge is -2.09. The Balaban J connectivity index is 2.36. The van der Waals surface area contributed by atoms with Crippen molar-refractivity contribution in [2.24, 2.45) is 0 Å². The van der Waals surface area contributed by atoms with Gasteiger partial charge in [0.15, 0.2) is 5.88 Å². The van der Waals surface area contributed by atoms with E-state index < -0.39 is 23.3 Å². The van der Waals surface area contributed by atoms with E-state index in [0.29, 0.717) is 0 Å². The van der Waals surface area contributed by atoms with Crippen LogP contribution in [0.1, 0.15) is 20.7 Å². The highest BCUT2D eigenvalue weighted by molar-refractivity contribution is 6.31. The summed E-state index contributed by atoms with van der Waals surface area (Å²) in [6, 6.07) is 5.96. The number of hydrogen-bond acceptors (Lipinski definition) is 4. The molecule has 1 aromatic carbocycles. The molecule has 21 heavy (non-hydrogen) atoms. The molecular weight excluding hydrogens is 300 g/mol. The standard InChI is InChI=1S/C13H9ClN2O5/c14-7-1-2-9(8(5-7)13(20)21)15-12(19)6-3-10(17)16-11(18)4-6/h1-5H,(H,15,19)(H,20,21)(H2,16,17,18). The highest BCUT2D eigenvalue weighted by Crippen LogP contribution is 2.21. The normalized spacial score (nSPS) is 10.1. The van der Waals surface area contributed by atoms with E-state index in [4.69, 9.17) is 16.7 Å². The number of pyridine rings is 1. The van der Waals surface area contributed by atoms with Crippen LogP contribution in [0.2, 0.25) is 5.02 Å². The lowest BCUT2D eigenvalue weighted by molar-refractivity contribution is 0.0698. The number of benzene rings is 1. The first-order chi connectivity index (χ1) is 9.86. The van der Waals surface area contributed by atoms with E-state index in [1.165, 1.54) is 18.2 Å². The Bertz CT molecular complexity index is 784. The van der Waals surface area contributed by atoms with Crippen LogP contribution in [0.4, 0.5) is 5.69 Å². The average molecular weight is 309 g/mol. The summed E-state index contributed by atoms with van der Waals surface area (Å²) >= 11 is 5.70. The summed E-state index contributed by atoms with van der Waals surface area (Å²) in [7, 11) is 0. The Morgan fingerprint density at radius 1 is 1.19 bits per heavy atom. The molecule has 2 aromatic rings. The van der Waals surface area contributed by atoms with E-state index >= 15 is 0 Å². The van der Waals surface area contributed by atoms with Gasteiger partial charge in [-0.25, -0.2) is 4.79 Å². The summed E-state index contributed by atoms with van der Waals surface area (Å²) in [5, 5.41) is 20.9. The number of aromatic carboxylic acids is 1. The molecule has 0 spiro atoms. The molecule has 0 unspecified atom stereocenters. The highest BCUT2D eigenvalue weighted by Gasteiger charge is 2.15. The molecule has 1 aromatic heterocycles. The molecule has 0 fully saturated rings. The van der Waals surface area contributed by atoms with E-state index in [1.54, 1.807) is 0 Å². The van der Waals surface area contributed by atoms with Gasteiger partial charge in [-0.1, -0.05) is 11.6 Å². The number of H-pyrrole nitrogens is 1. The SMILES string of the molecule is O=C(Nc1ccc(Cl)cc1C(=O)O)c1cc(O)[nH]c(=O)c1. The van der Waals surface area contributed by atoms with Gasteiger partial charge in [-0.15, -0.1) is 0 Å². The monoisotopic (exact) mass is 308 g/mol. The largest absolute Gasteiger partial charge is 0.494 e. The highest BCUT2D eigenvalue weighted by atomic mass is 35.5. The van der Waals surface area contributed by atoms with Crippen LogP contribution in [0.25, 0.3) is 0 Å². The van der Waals surface area contributed by atoms with E-state index in [9.17, 15) is 19.5 Å². The molecule has 1 amide bonds. The van der Waals surface area contributed by atoms with Crippen molar-refractivity contribution < 1.29 is 19.8 Å². The molecule has 0 aliphatic carbocycles. The second-order valence-corrected chi connectivity index (χ2v) is 4.50. The van der Waals surface area contributed by atoms with Crippen LogP contribution in [0.15, 0.2) is 35.1 Å². The average Bonchev–Trinajstić information content (AvgIpc) is 2.39. The van der Waals surface area contributed by atoms with Gasteiger partial charge in [0, 0.05) is 17.2 Å². The Hall–Kier alpha value is -2.80. The molecule has 0 saturated heterocycles. The predicted molar refractivity (Wildman–Crippen MR) is 75.1 cm³/mol. The predicted octanol–water partition coefficient (Wildman–Crippen LogP) is 1.68. The second kappa shape index (κ2) is 5.68. The molecule has 7 nitrogen and oxygen atoms in total. The van der Waals surface area contributed by atoms with Crippen LogP contribution < -0.4 is 10.9 Å². The van der Waals surface area contributed by atoms with E-state index in [-0.39, 0.29) is 21.8 Å². The number of carbonyl (C=O) groups excluding carboxylic acids is 1. The zero-order valence-corrected chi connectivity index (χ0v) is 11.1. The molecule has 0 radical (unpaired) electrons. The van der Waals surface area contributed by atoms with Gasteiger partial charge in [-0.3, -0.25) is 14.6 Å². The van der Waals surface area contributed by atoms with Crippen molar-refractivity contribution in [2.75, 3.05) is 5.32 Å². The Morgan fingerprint density at radius 2 is 1.90 bits per heavy atom. The fourth-order valence-corrected chi connectivity index (χ4v) is 1.83.